The third-order valence-electron chi connectivity index (χ3n) is 4.55. The van der Waals surface area contributed by atoms with Gasteiger partial charge < -0.3 is 10.2 Å². The van der Waals surface area contributed by atoms with Crippen LogP contribution >= 0.6 is 0 Å². The zero-order valence-corrected chi connectivity index (χ0v) is 17.3. The summed E-state index contributed by atoms with van der Waals surface area (Å²) in [5, 5.41) is 2.73. The summed E-state index contributed by atoms with van der Waals surface area (Å²) in [6, 6.07) is 4.66. The minimum atomic E-state index is -3.63. The van der Waals surface area contributed by atoms with Crippen molar-refractivity contribution in [3.05, 3.63) is 29.3 Å². The van der Waals surface area contributed by atoms with Gasteiger partial charge >= 0.3 is 0 Å². The number of piperidine rings is 1. The first-order valence-electron chi connectivity index (χ1n) is 9.28. The monoisotopic (exact) mass is 395 g/mol. The molecule has 1 aromatic rings. The molecule has 0 atom stereocenters. The lowest BCUT2D eigenvalue weighted by molar-refractivity contribution is -0.122. The lowest BCUT2D eigenvalue weighted by atomic mass is 10.1. The average molecular weight is 396 g/mol. The smallest absolute Gasteiger partial charge is 0.254 e. The molecule has 0 spiro atoms. The lowest BCUT2D eigenvalue weighted by Gasteiger charge is -2.27. The molecule has 0 aromatic heterocycles. The number of rotatable bonds is 6. The van der Waals surface area contributed by atoms with Gasteiger partial charge in [-0.15, -0.1) is 0 Å². The van der Waals surface area contributed by atoms with Gasteiger partial charge in [0.25, 0.3) is 5.91 Å². The first kappa shape index (κ1) is 21.4. The molecule has 8 heteroatoms. The van der Waals surface area contributed by atoms with Crippen molar-refractivity contribution in [3.8, 4) is 0 Å². The van der Waals surface area contributed by atoms with E-state index in [2.05, 4.69) is 5.32 Å². The first-order valence-corrected chi connectivity index (χ1v) is 10.7. The highest BCUT2D eigenvalue weighted by Crippen LogP contribution is 2.24. The normalized spacial score (nSPS) is 15.6. The molecule has 0 bridgehead atoms. The van der Waals surface area contributed by atoms with Crippen LogP contribution in [0.5, 0.6) is 0 Å². The molecule has 1 fully saturated rings. The number of nitrogens with one attached hydrogen (secondary N) is 1. The Morgan fingerprint density at radius 3 is 2.41 bits per heavy atom. The van der Waals surface area contributed by atoms with Gasteiger partial charge in [0, 0.05) is 31.7 Å². The minimum absolute atomic E-state index is 0.0123. The molecule has 0 saturated carbocycles. The molecule has 0 radical (unpaired) electrons. The van der Waals surface area contributed by atoms with Crippen molar-refractivity contribution >= 4 is 21.8 Å². The minimum Gasteiger partial charge on any atom is -0.352 e. The Balaban J connectivity index is 2.23. The molecule has 0 aliphatic carbocycles. The quantitative estimate of drug-likeness (QED) is 0.795. The van der Waals surface area contributed by atoms with Crippen LogP contribution in [-0.4, -0.2) is 62.2 Å². The molecule has 2 rings (SSSR count). The second-order valence-electron chi connectivity index (χ2n) is 7.33. The van der Waals surface area contributed by atoms with Crippen LogP contribution in [0, 0.1) is 6.92 Å². The highest BCUT2D eigenvalue weighted by atomic mass is 32.2. The molecule has 1 saturated heterocycles. The van der Waals surface area contributed by atoms with E-state index in [1.54, 1.807) is 19.1 Å². The SMILES string of the molecule is Cc1ccc(C(=O)N(C)CC(=O)NC(C)C)cc1S(=O)(=O)N1CCCCC1. The number of aryl methyl sites for hydroxylation is 1. The number of benzene rings is 1. The Labute approximate surface area is 161 Å². The second-order valence-corrected chi connectivity index (χ2v) is 9.23. The largest absolute Gasteiger partial charge is 0.352 e. The van der Waals surface area contributed by atoms with Gasteiger partial charge in [0.05, 0.1) is 11.4 Å². The average Bonchev–Trinajstić information content (AvgIpc) is 2.61. The maximum atomic E-state index is 13.0. The van der Waals surface area contributed by atoms with Gasteiger partial charge in [-0.1, -0.05) is 12.5 Å². The second kappa shape index (κ2) is 8.84. The third-order valence-corrected chi connectivity index (χ3v) is 6.59. The highest BCUT2D eigenvalue weighted by molar-refractivity contribution is 7.89. The van der Waals surface area contributed by atoms with Crippen molar-refractivity contribution in [3.63, 3.8) is 0 Å². The van der Waals surface area contributed by atoms with Crippen LogP contribution in [0.25, 0.3) is 0 Å². The molecular weight excluding hydrogens is 366 g/mol. The van der Waals surface area contributed by atoms with Crippen molar-refractivity contribution in [2.75, 3.05) is 26.7 Å². The van der Waals surface area contributed by atoms with Crippen molar-refractivity contribution in [1.82, 2.24) is 14.5 Å². The van der Waals surface area contributed by atoms with E-state index in [4.69, 9.17) is 0 Å². The fourth-order valence-electron chi connectivity index (χ4n) is 3.13. The van der Waals surface area contributed by atoms with E-state index in [9.17, 15) is 18.0 Å². The van der Waals surface area contributed by atoms with Gasteiger partial charge in [0.2, 0.25) is 15.9 Å². The Hall–Kier alpha value is -1.93. The number of carbonyl (C=O) groups excluding carboxylic acids is 2. The topological polar surface area (TPSA) is 86.8 Å². The summed E-state index contributed by atoms with van der Waals surface area (Å²) in [5.41, 5.74) is 0.869. The molecule has 7 nitrogen and oxygen atoms in total. The summed E-state index contributed by atoms with van der Waals surface area (Å²) in [4.78, 5) is 26.0. The van der Waals surface area contributed by atoms with Gasteiger partial charge in [0.1, 0.15) is 0 Å². The maximum absolute atomic E-state index is 13.0. The maximum Gasteiger partial charge on any atom is 0.254 e. The van der Waals surface area contributed by atoms with Gasteiger partial charge in [-0.05, 0) is 51.3 Å². The van der Waals surface area contributed by atoms with E-state index in [0.717, 1.165) is 19.3 Å². The Bertz CT molecular complexity index is 799. The summed E-state index contributed by atoms with van der Waals surface area (Å²) in [5.74, 6) is -0.641. The van der Waals surface area contributed by atoms with E-state index in [1.165, 1.54) is 22.3 Å². The van der Waals surface area contributed by atoms with Crippen molar-refractivity contribution in [2.24, 2.45) is 0 Å². The summed E-state index contributed by atoms with van der Waals surface area (Å²) >= 11 is 0. The predicted octanol–water partition coefficient (Wildman–Crippen LogP) is 1.77. The number of hydrogen-bond donors (Lipinski definition) is 1. The van der Waals surface area contributed by atoms with E-state index in [0.29, 0.717) is 18.7 Å². The molecule has 1 aliphatic heterocycles. The number of nitrogens with zero attached hydrogens (tertiary/aromatic N) is 2. The Morgan fingerprint density at radius 2 is 1.81 bits per heavy atom. The molecule has 27 heavy (non-hydrogen) atoms. The number of carbonyl (C=O) groups is 2. The van der Waals surface area contributed by atoms with Gasteiger partial charge in [-0.3, -0.25) is 9.59 Å². The van der Waals surface area contributed by atoms with Gasteiger partial charge in [-0.25, -0.2) is 8.42 Å². The van der Waals surface area contributed by atoms with E-state index in [1.807, 2.05) is 13.8 Å². The molecule has 150 valence electrons. The molecule has 1 aromatic carbocycles. The van der Waals surface area contributed by atoms with E-state index in [-0.39, 0.29) is 34.9 Å². The summed E-state index contributed by atoms with van der Waals surface area (Å²) in [6.45, 7) is 6.35. The van der Waals surface area contributed by atoms with Crippen molar-refractivity contribution in [1.29, 1.82) is 0 Å². The fourth-order valence-corrected chi connectivity index (χ4v) is 4.90. The Kier molecular flexibility index (Phi) is 7.00. The number of hydrogen-bond acceptors (Lipinski definition) is 4. The number of amides is 2. The fraction of sp³-hybridized carbons (Fsp3) is 0.579. The van der Waals surface area contributed by atoms with Crippen LogP contribution < -0.4 is 5.32 Å². The van der Waals surface area contributed by atoms with Crippen LogP contribution in [0.15, 0.2) is 23.1 Å². The first-order chi connectivity index (χ1) is 12.6. The van der Waals surface area contributed by atoms with Crippen molar-refractivity contribution < 1.29 is 18.0 Å². The zero-order chi connectivity index (χ0) is 20.2. The molecule has 1 N–H and O–H groups in total. The zero-order valence-electron chi connectivity index (χ0n) is 16.5. The summed E-state index contributed by atoms with van der Waals surface area (Å²) < 4.78 is 27.5. The van der Waals surface area contributed by atoms with Gasteiger partial charge in [0.15, 0.2) is 0 Å². The van der Waals surface area contributed by atoms with Crippen LogP contribution in [0.4, 0.5) is 0 Å². The molecule has 1 aliphatic rings. The number of likely N-dealkylation sites (N-methyl/N-ethyl adjacent to an activating group) is 1. The van der Waals surface area contributed by atoms with Gasteiger partial charge in [-0.2, -0.15) is 4.31 Å². The van der Waals surface area contributed by atoms with E-state index < -0.39 is 10.0 Å². The summed E-state index contributed by atoms with van der Waals surface area (Å²) in [7, 11) is -2.10. The molecule has 2 amide bonds. The predicted molar refractivity (Wildman–Crippen MR) is 104 cm³/mol. The molecular formula is C19H29N3O4S. The Morgan fingerprint density at radius 1 is 1.19 bits per heavy atom. The standard InChI is InChI=1S/C19H29N3O4S/c1-14(2)20-18(23)13-21(4)19(24)16-9-8-15(3)17(12-16)27(25,26)22-10-6-5-7-11-22/h8-9,12,14H,5-7,10-11,13H2,1-4H3,(H,20,23). The summed E-state index contributed by atoms with van der Waals surface area (Å²) in [6.07, 6.45) is 2.74. The van der Waals surface area contributed by atoms with Crippen LogP contribution in [0.2, 0.25) is 0 Å². The molecule has 1 heterocycles. The highest BCUT2D eigenvalue weighted by Gasteiger charge is 2.28. The molecule has 0 unspecified atom stereocenters. The van der Waals surface area contributed by atoms with E-state index >= 15 is 0 Å². The van der Waals surface area contributed by atoms with Crippen molar-refractivity contribution in [2.45, 2.75) is 51.0 Å². The van der Waals surface area contributed by atoms with Crippen LogP contribution in [0.1, 0.15) is 49.0 Å². The third kappa shape index (κ3) is 5.29. The van der Waals surface area contributed by atoms with Crippen LogP contribution in [-0.2, 0) is 14.8 Å². The lowest BCUT2D eigenvalue weighted by Crippen LogP contribution is -2.41. The van der Waals surface area contributed by atoms with Crippen LogP contribution in [0.3, 0.4) is 0 Å². The number of sulfonamides is 1.